The number of likely N-dealkylation sites (tertiary alicyclic amines) is 1. The van der Waals surface area contributed by atoms with Crippen LogP contribution in [0.25, 0.3) is 0 Å². The molecule has 1 aliphatic heterocycles. The molecule has 0 spiro atoms. The van der Waals surface area contributed by atoms with Gasteiger partial charge in [0.2, 0.25) is 0 Å². The Hall–Kier alpha value is -1.89. The first-order valence-corrected chi connectivity index (χ1v) is 7.33. The monoisotopic (exact) mass is 293 g/mol. The quantitative estimate of drug-likeness (QED) is 0.668. The van der Waals surface area contributed by atoms with Crippen LogP contribution in [0.15, 0.2) is 15.8 Å². The predicted octanol–water partition coefficient (Wildman–Crippen LogP) is -0.170. The number of aliphatic hydroxyl groups is 1. The van der Waals surface area contributed by atoms with E-state index in [9.17, 15) is 19.5 Å². The Morgan fingerprint density at radius 2 is 2.14 bits per heavy atom. The van der Waals surface area contributed by atoms with Crippen LogP contribution in [0.1, 0.15) is 42.5 Å². The van der Waals surface area contributed by atoms with Crippen molar-refractivity contribution in [2.24, 2.45) is 5.92 Å². The van der Waals surface area contributed by atoms with Crippen LogP contribution in [0, 0.1) is 5.92 Å². The Labute approximate surface area is 121 Å². The molecule has 1 aromatic heterocycles. The number of rotatable bonds is 1. The van der Waals surface area contributed by atoms with Crippen LogP contribution in [0.4, 0.5) is 0 Å². The van der Waals surface area contributed by atoms with E-state index in [4.69, 9.17) is 0 Å². The van der Waals surface area contributed by atoms with E-state index in [1.165, 1.54) is 0 Å². The molecular weight excluding hydrogens is 274 g/mol. The number of nitrogens with zero attached hydrogens (tertiary/aromatic N) is 1. The van der Waals surface area contributed by atoms with Gasteiger partial charge >= 0.3 is 5.69 Å². The Balaban J connectivity index is 1.80. The van der Waals surface area contributed by atoms with Gasteiger partial charge in [0.15, 0.2) is 0 Å². The maximum Gasteiger partial charge on any atom is 0.325 e. The van der Waals surface area contributed by atoms with Crippen molar-refractivity contribution >= 4 is 5.91 Å². The zero-order chi connectivity index (χ0) is 15.0. The summed E-state index contributed by atoms with van der Waals surface area (Å²) in [4.78, 5) is 41.1. The van der Waals surface area contributed by atoms with E-state index in [0.717, 1.165) is 31.9 Å². The van der Waals surface area contributed by atoms with Gasteiger partial charge in [0.25, 0.3) is 11.5 Å². The zero-order valence-corrected chi connectivity index (χ0v) is 11.7. The molecule has 2 aliphatic rings. The number of carbonyl (C=O) groups is 1. The second-order valence-corrected chi connectivity index (χ2v) is 6.03. The summed E-state index contributed by atoms with van der Waals surface area (Å²) in [6.07, 6.45) is 5.49. The molecule has 0 radical (unpaired) electrons. The van der Waals surface area contributed by atoms with Gasteiger partial charge in [0.1, 0.15) is 5.56 Å². The van der Waals surface area contributed by atoms with Gasteiger partial charge in [-0.3, -0.25) is 14.6 Å². The van der Waals surface area contributed by atoms with Gasteiger partial charge in [-0.1, -0.05) is 12.8 Å². The Morgan fingerprint density at radius 1 is 1.33 bits per heavy atom. The highest BCUT2D eigenvalue weighted by atomic mass is 16.3. The summed E-state index contributed by atoms with van der Waals surface area (Å²) < 4.78 is 0. The number of carbonyl (C=O) groups excluding carboxylic acids is 1. The SMILES string of the molecule is O=C(c1c[nH]c(=O)[nH]c1=O)N1CCC2(O)CCCCC2C1. The van der Waals surface area contributed by atoms with Crippen molar-refractivity contribution in [2.45, 2.75) is 37.7 Å². The number of aromatic nitrogens is 2. The van der Waals surface area contributed by atoms with E-state index in [1.807, 2.05) is 0 Å². The van der Waals surface area contributed by atoms with Crippen LogP contribution < -0.4 is 11.2 Å². The van der Waals surface area contributed by atoms with Crippen LogP contribution in [-0.4, -0.2) is 44.6 Å². The van der Waals surface area contributed by atoms with E-state index in [-0.39, 0.29) is 17.4 Å². The predicted molar refractivity (Wildman–Crippen MR) is 75.1 cm³/mol. The molecule has 0 aromatic carbocycles. The smallest absolute Gasteiger partial charge is 0.325 e. The number of aromatic amines is 2. The van der Waals surface area contributed by atoms with Crippen LogP contribution in [0.3, 0.4) is 0 Å². The molecule has 7 heteroatoms. The topological polar surface area (TPSA) is 106 Å². The van der Waals surface area contributed by atoms with Crippen molar-refractivity contribution in [3.63, 3.8) is 0 Å². The Morgan fingerprint density at radius 3 is 2.90 bits per heavy atom. The van der Waals surface area contributed by atoms with Crippen molar-refractivity contribution in [3.05, 3.63) is 32.6 Å². The molecule has 2 heterocycles. The fraction of sp³-hybridized carbons (Fsp3) is 0.643. The minimum atomic E-state index is -0.673. The van der Waals surface area contributed by atoms with Crippen molar-refractivity contribution in [1.82, 2.24) is 14.9 Å². The lowest BCUT2D eigenvalue weighted by molar-refractivity contribution is -0.0886. The third kappa shape index (κ3) is 2.53. The summed E-state index contributed by atoms with van der Waals surface area (Å²) >= 11 is 0. The van der Waals surface area contributed by atoms with Crippen LogP contribution in [-0.2, 0) is 0 Å². The number of fused-ring (bicyclic) bond motifs is 1. The summed E-state index contributed by atoms with van der Waals surface area (Å²) in [6, 6.07) is 0. The molecule has 1 saturated heterocycles. The molecule has 7 nitrogen and oxygen atoms in total. The first kappa shape index (κ1) is 14.1. The molecule has 3 rings (SSSR count). The van der Waals surface area contributed by atoms with Gasteiger partial charge in [-0.05, 0) is 19.3 Å². The van der Waals surface area contributed by atoms with E-state index < -0.39 is 16.9 Å². The van der Waals surface area contributed by atoms with Gasteiger partial charge in [0, 0.05) is 25.2 Å². The molecule has 1 aliphatic carbocycles. The average molecular weight is 293 g/mol. The second kappa shape index (κ2) is 5.14. The van der Waals surface area contributed by atoms with Gasteiger partial charge in [0.05, 0.1) is 5.60 Å². The number of hydrogen-bond donors (Lipinski definition) is 3. The molecule has 0 bridgehead atoms. The van der Waals surface area contributed by atoms with E-state index in [0.29, 0.717) is 19.5 Å². The molecular formula is C14H19N3O4. The second-order valence-electron chi connectivity index (χ2n) is 6.03. The molecule has 1 amide bonds. The van der Waals surface area contributed by atoms with Crippen molar-refractivity contribution in [3.8, 4) is 0 Å². The summed E-state index contributed by atoms with van der Waals surface area (Å²) in [7, 11) is 0. The highest BCUT2D eigenvalue weighted by Crippen LogP contribution is 2.39. The summed E-state index contributed by atoms with van der Waals surface area (Å²) in [5.74, 6) is -0.314. The fourth-order valence-corrected chi connectivity index (χ4v) is 3.49. The molecule has 1 saturated carbocycles. The zero-order valence-electron chi connectivity index (χ0n) is 11.7. The molecule has 2 atom stereocenters. The third-order valence-electron chi connectivity index (χ3n) is 4.76. The molecule has 1 aromatic rings. The van der Waals surface area contributed by atoms with Gasteiger partial charge < -0.3 is 15.0 Å². The van der Waals surface area contributed by atoms with Crippen molar-refractivity contribution in [2.75, 3.05) is 13.1 Å². The third-order valence-corrected chi connectivity index (χ3v) is 4.76. The minimum absolute atomic E-state index is 0.0594. The minimum Gasteiger partial charge on any atom is -0.389 e. The number of piperidine rings is 1. The first-order valence-electron chi connectivity index (χ1n) is 7.33. The highest BCUT2D eigenvalue weighted by Gasteiger charge is 2.44. The summed E-state index contributed by atoms with van der Waals surface area (Å²) in [5.41, 5.74) is -2.02. The van der Waals surface area contributed by atoms with E-state index in [1.54, 1.807) is 4.90 Å². The van der Waals surface area contributed by atoms with Gasteiger partial charge in [-0.2, -0.15) is 0 Å². The molecule has 114 valence electrons. The lowest BCUT2D eigenvalue weighted by atomic mass is 9.71. The maximum atomic E-state index is 12.4. The molecule has 2 unspecified atom stereocenters. The first-order chi connectivity index (χ1) is 9.99. The lowest BCUT2D eigenvalue weighted by Crippen LogP contribution is -2.55. The number of H-pyrrole nitrogens is 2. The van der Waals surface area contributed by atoms with Crippen LogP contribution >= 0.6 is 0 Å². The van der Waals surface area contributed by atoms with Crippen molar-refractivity contribution in [1.29, 1.82) is 0 Å². The molecule has 3 N–H and O–H groups in total. The average Bonchev–Trinajstić information content (AvgIpc) is 2.45. The van der Waals surface area contributed by atoms with Crippen molar-refractivity contribution < 1.29 is 9.90 Å². The summed E-state index contributed by atoms with van der Waals surface area (Å²) in [5, 5.41) is 10.6. The number of nitrogens with one attached hydrogen (secondary N) is 2. The number of amides is 1. The van der Waals surface area contributed by atoms with Gasteiger partial charge in [-0.25, -0.2) is 4.79 Å². The lowest BCUT2D eigenvalue weighted by Gasteiger charge is -2.47. The fourth-order valence-electron chi connectivity index (χ4n) is 3.49. The Kier molecular flexibility index (Phi) is 3.44. The summed E-state index contributed by atoms with van der Waals surface area (Å²) in [6.45, 7) is 0.901. The largest absolute Gasteiger partial charge is 0.389 e. The maximum absolute atomic E-state index is 12.4. The van der Waals surface area contributed by atoms with Crippen LogP contribution in [0.2, 0.25) is 0 Å². The molecule has 2 fully saturated rings. The molecule has 21 heavy (non-hydrogen) atoms. The van der Waals surface area contributed by atoms with Crippen LogP contribution in [0.5, 0.6) is 0 Å². The number of hydrogen-bond acceptors (Lipinski definition) is 4. The normalized spacial score (nSPS) is 29.0. The van der Waals surface area contributed by atoms with E-state index in [2.05, 4.69) is 9.97 Å². The Bertz CT molecular complexity index is 665. The highest BCUT2D eigenvalue weighted by molar-refractivity contribution is 5.93. The van der Waals surface area contributed by atoms with Gasteiger partial charge in [-0.15, -0.1) is 0 Å². The van der Waals surface area contributed by atoms with E-state index >= 15 is 0 Å². The standard InChI is InChI=1S/C14H19N3O4/c18-11-10(7-15-13(20)16-11)12(19)17-6-5-14(21)4-2-1-3-9(14)8-17/h7,9,21H,1-6,8H2,(H2,15,16,18,20).